The van der Waals surface area contributed by atoms with Gasteiger partial charge in [-0.05, 0) is 40.5 Å². The molecule has 0 unspecified atom stereocenters. The second-order valence-corrected chi connectivity index (χ2v) is 6.35. The minimum atomic E-state index is 0.410. The largest absolute Gasteiger partial charge is 0.306 e. The maximum atomic E-state index is 5.97. The quantitative estimate of drug-likeness (QED) is 0.769. The van der Waals surface area contributed by atoms with Gasteiger partial charge in [0.1, 0.15) is 22.3 Å². The summed E-state index contributed by atoms with van der Waals surface area (Å²) in [5.41, 5.74) is 0. The zero-order valence-corrected chi connectivity index (χ0v) is 13.2. The zero-order valence-electron chi connectivity index (χ0n) is 10.0. The van der Waals surface area contributed by atoms with Crippen molar-refractivity contribution in [2.24, 2.45) is 0 Å². The van der Waals surface area contributed by atoms with Gasteiger partial charge in [-0.15, -0.1) is 10.2 Å². The number of hydrogen-bond donors (Lipinski definition) is 0. The highest BCUT2D eigenvalue weighted by Gasteiger charge is 2.17. The lowest BCUT2D eigenvalue weighted by molar-refractivity contribution is 0.590. The summed E-state index contributed by atoms with van der Waals surface area (Å²) < 4.78 is 2.88. The molecule has 3 heterocycles. The van der Waals surface area contributed by atoms with Crippen LogP contribution in [0.3, 0.4) is 0 Å². The number of hydrogen-bond acceptors (Lipinski definition) is 5. The van der Waals surface area contributed by atoms with E-state index in [1.54, 1.807) is 0 Å². The van der Waals surface area contributed by atoms with Crippen LogP contribution < -0.4 is 0 Å². The Morgan fingerprint density at radius 2 is 2.11 bits per heavy atom. The third-order valence-corrected chi connectivity index (χ3v) is 5.49. The van der Waals surface area contributed by atoms with Crippen molar-refractivity contribution in [3.05, 3.63) is 21.8 Å². The van der Waals surface area contributed by atoms with E-state index in [9.17, 15) is 0 Å². The predicted molar refractivity (Wildman–Crippen MR) is 76.4 cm³/mol. The summed E-state index contributed by atoms with van der Waals surface area (Å²) in [6.07, 6.45) is 6.06. The monoisotopic (exact) mass is 359 g/mol. The molecule has 1 aliphatic rings. The Morgan fingerprint density at radius 3 is 3.00 bits per heavy atom. The highest BCUT2D eigenvalue weighted by Crippen LogP contribution is 2.34. The van der Waals surface area contributed by atoms with Gasteiger partial charge in [-0.3, -0.25) is 0 Å². The Bertz CT molecular complexity index is 603. The summed E-state index contributed by atoms with van der Waals surface area (Å²) >= 11 is 10.8. The van der Waals surface area contributed by atoms with Crippen LogP contribution >= 0.6 is 39.3 Å². The van der Waals surface area contributed by atoms with Gasteiger partial charge in [-0.2, -0.15) is 0 Å². The van der Waals surface area contributed by atoms with Gasteiger partial charge in [0.15, 0.2) is 5.16 Å². The van der Waals surface area contributed by atoms with Crippen molar-refractivity contribution in [1.29, 1.82) is 0 Å². The highest BCUT2D eigenvalue weighted by atomic mass is 79.9. The molecule has 8 heteroatoms. The van der Waals surface area contributed by atoms with E-state index in [2.05, 4.69) is 40.7 Å². The van der Waals surface area contributed by atoms with Crippen molar-refractivity contribution in [2.75, 3.05) is 0 Å². The van der Waals surface area contributed by atoms with Gasteiger partial charge in [0, 0.05) is 13.0 Å². The topological polar surface area (TPSA) is 56.5 Å². The SMILES string of the molecule is Clc1ncnc(Sc2nnc3n2CCCCC3)c1Br. The fourth-order valence-corrected chi connectivity index (χ4v) is 3.51. The molecule has 0 radical (unpaired) electrons. The third-order valence-electron chi connectivity index (χ3n) is 2.98. The van der Waals surface area contributed by atoms with E-state index < -0.39 is 0 Å². The van der Waals surface area contributed by atoms with Crippen molar-refractivity contribution in [3.8, 4) is 0 Å². The van der Waals surface area contributed by atoms with E-state index in [0.29, 0.717) is 9.63 Å². The van der Waals surface area contributed by atoms with Crippen LogP contribution in [0.2, 0.25) is 5.15 Å². The number of aryl methyl sites for hydroxylation is 1. The van der Waals surface area contributed by atoms with Crippen LogP contribution in [0.25, 0.3) is 0 Å². The van der Waals surface area contributed by atoms with Gasteiger partial charge >= 0.3 is 0 Å². The minimum absolute atomic E-state index is 0.410. The fraction of sp³-hybridized carbons (Fsp3) is 0.455. The summed E-state index contributed by atoms with van der Waals surface area (Å²) in [6.45, 7) is 0.973. The molecule has 0 atom stereocenters. The molecule has 0 saturated heterocycles. The molecule has 0 aromatic carbocycles. The second kappa shape index (κ2) is 5.76. The summed E-state index contributed by atoms with van der Waals surface area (Å²) in [7, 11) is 0. The number of aromatic nitrogens is 5. The molecule has 0 bridgehead atoms. The van der Waals surface area contributed by atoms with Gasteiger partial charge in [0.2, 0.25) is 0 Å². The molecule has 0 fully saturated rings. The average Bonchev–Trinajstić information content (AvgIpc) is 2.63. The second-order valence-electron chi connectivity index (χ2n) is 4.25. The number of fused-ring (bicyclic) bond motifs is 1. The normalized spacial score (nSPS) is 15.1. The molecule has 2 aromatic heterocycles. The number of nitrogens with zero attached hydrogens (tertiary/aromatic N) is 5. The first-order valence-electron chi connectivity index (χ1n) is 6.01. The number of rotatable bonds is 2. The molecule has 100 valence electrons. The van der Waals surface area contributed by atoms with Crippen LogP contribution in [-0.2, 0) is 13.0 Å². The molecule has 0 spiro atoms. The van der Waals surface area contributed by atoms with Gasteiger partial charge < -0.3 is 4.57 Å². The summed E-state index contributed by atoms with van der Waals surface area (Å²) in [4.78, 5) is 8.15. The van der Waals surface area contributed by atoms with E-state index >= 15 is 0 Å². The van der Waals surface area contributed by atoms with E-state index in [1.165, 1.54) is 37.4 Å². The smallest absolute Gasteiger partial charge is 0.197 e. The molecule has 5 nitrogen and oxygen atoms in total. The van der Waals surface area contributed by atoms with Crippen LogP contribution in [0, 0.1) is 0 Å². The van der Waals surface area contributed by atoms with E-state index in [4.69, 9.17) is 11.6 Å². The van der Waals surface area contributed by atoms with E-state index in [-0.39, 0.29) is 0 Å². The fourth-order valence-electron chi connectivity index (χ4n) is 2.03. The maximum absolute atomic E-state index is 5.97. The van der Waals surface area contributed by atoms with Crippen molar-refractivity contribution in [1.82, 2.24) is 24.7 Å². The molecule has 0 saturated carbocycles. The highest BCUT2D eigenvalue weighted by molar-refractivity contribution is 9.10. The van der Waals surface area contributed by atoms with Crippen molar-refractivity contribution < 1.29 is 0 Å². The van der Waals surface area contributed by atoms with Crippen molar-refractivity contribution in [2.45, 2.75) is 42.4 Å². The molecule has 19 heavy (non-hydrogen) atoms. The van der Waals surface area contributed by atoms with Crippen molar-refractivity contribution >= 4 is 39.3 Å². The zero-order chi connectivity index (χ0) is 13.2. The molecule has 0 N–H and O–H groups in total. The van der Waals surface area contributed by atoms with Crippen LogP contribution in [0.15, 0.2) is 21.0 Å². The molecular formula is C11H11BrClN5S. The summed E-state index contributed by atoms with van der Waals surface area (Å²) in [6, 6.07) is 0. The molecule has 0 aliphatic carbocycles. The Kier molecular flexibility index (Phi) is 4.04. The lowest BCUT2D eigenvalue weighted by atomic mass is 10.2. The van der Waals surface area contributed by atoms with Crippen molar-refractivity contribution in [3.63, 3.8) is 0 Å². The lowest BCUT2D eigenvalue weighted by Crippen LogP contribution is -2.02. The van der Waals surface area contributed by atoms with Crippen LogP contribution in [0.1, 0.15) is 25.1 Å². The van der Waals surface area contributed by atoms with Crippen LogP contribution in [0.5, 0.6) is 0 Å². The number of halogens is 2. The molecule has 3 rings (SSSR count). The molecule has 1 aliphatic heterocycles. The molecular weight excluding hydrogens is 350 g/mol. The van der Waals surface area contributed by atoms with Gasteiger partial charge in [-0.25, -0.2) is 9.97 Å². The maximum Gasteiger partial charge on any atom is 0.197 e. The third kappa shape index (κ3) is 2.78. The first-order chi connectivity index (χ1) is 9.25. The minimum Gasteiger partial charge on any atom is -0.306 e. The van der Waals surface area contributed by atoms with Gasteiger partial charge in [0.25, 0.3) is 0 Å². The van der Waals surface area contributed by atoms with Crippen LogP contribution in [0.4, 0.5) is 0 Å². The first kappa shape index (κ1) is 13.3. The van der Waals surface area contributed by atoms with Gasteiger partial charge in [-0.1, -0.05) is 18.0 Å². The summed E-state index contributed by atoms with van der Waals surface area (Å²) in [5.74, 6) is 1.07. The Morgan fingerprint density at radius 1 is 1.21 bits per heavy atom. The van der Waals surface area contributed by atoms with Gasteiger partial charge in [0.05, 0.1) is 4.47 Å². The lowest BCUT2D eigenvalue weighted by Gasteiger charge is -2.06. The predicted octanol–water partition coefficient (Wildman–Crippen LogP) is 3.36. The summed E-state index contributed by atoms with van der Waals surface area (Å²) in [5, 5.41) is 10.6. The first-order valence-corrected chi connectivity index (χ1v) is 8.00. The van der Waals surface area contributed by atoms with Crippen LogP contribution in [-0.4, -0.2) is 24.7 Å². The Hall–Kier alpha value is -0.660. The van der Waals surface area contributed by atoms with E-state index in [0.717, 1.165) is 29.0 Å². The Balaban J connectivity index is 1.91. The van der Waals surface area contributed by atoms with E-state index in [1.807, 2.05) is 0 Å². The average molecular weight is 361 g/mol. The standard InChI is InChI=1S/C11H11BrClN5S/c12-8-9(13)14-6-15-10(8)19-11-17-16-7-4-2-1-3-5-18(7)11/h6H,1-5H2. The molecule has 0 amide bonds. The Labute approximate surface area is 128 Å². The molecule has 2 aromatic rings.